The lowest BCUT2D eigenvalue weighted by Gasteiger charge is -2.21. The number of pyridine rings is 2. The number of carbonyl (C=O) groups is 1. The van der Waals surface area contributed by atoms with Gasteiger partial charge in [0, 0.05) is 62.9 Å². The number of rotatable bonds is 9. The van der Waals surface area contributed by atoms with E-state index >= 15 is 0 Å². The quantitative estimate of drug-likeness (QED) is 0.162. The van der Waals surface area contributed by atoms with Gasteiger partial charge in [-0.1, -0.05) is 41.7 Å². The molecule has 2 N–H and O–H groups in total. The fourth-order valence-electron chi connectivity index (χ4n) is 8.22. The SMILES string of the molecule is Cc1c(-c2nc3cc(CN4CC[C@@H](C(=O)O)C4)cnc3s2)cccc1-c1cccc2c1CCN2c1nc(C(F)F)nc2cc(CN3CC[C@@H](O)C3)cnc12. The van der Waals surface area contributed by atoms with Crippen molar-refractivity contribution in [3.05, 3.63) is 89.0 Å². The molecule has 3 aliphatic rings. The topological polar surface area (TPSA) is 132 Å². The standard InChI is InChI=1S/C40H38F2N8O3S/c1-22-27(4-2-5-28(22)38-46-32-15-24(17-44-39(32)54-38)18-48-11-8-25(20-48)40(52)53)29-6-3-7-33-30(29)10-13-50(33)37-34-31(45-36(47-37)35(41)42)14-23(16-43-34)19-49-12-9-26(51)21-49/h2-7,14-17,25-26,35,51H,8-13,18-21H2,1H3,(H,52,53)/t25-,26-/m1/s1. The zero-order valence-electron chi connectivity index (χ0n) is 29.6. The second-order valence-corrected chi connectivity index (χ2v) is 15.5. The molecule has 0 unspecified atom stereocenters. The summed E-state index contributed by atoms with van der Waals surface area (Å²) in [5, 5.41) is 20.2. The number of thiazole rings is 1. The second kappa shape index (κ2) is 14.0. The molecule has 0 radical (unpaired) electrons. The molecule has 11 nitrogen and oxygen atoms in total. The molecule has 0 bridgehead atoms. The van der Waals surface area contributed by atoms with Crippen molar-refractivity contribution >= 4 is 50.2 Å². The normalized spacial score (nSPS) is 19.2. The van der Waals surface area contributed by atoms with Gasteiger partial charge in [-0.05, 0) is 84.3 Å². The Kier molecular flexibility index (Phi) is 9.00. The lowest BCUT2D eigenvalue weighted by atomic mass is 9.92. The van der Waals surface area contributed by atoms with E-state index in [4.69, 9.17) is 15.0 Å². The summed E-state index contributed by atoms with van der Waals surface area (Å²) in [5.74, 6) is -1.22. The summed E-state index contributed by atoms with van der Waals surface area (Å²) in [4.78, 5) is 41.6. The van der Waals surface area contributed by atoms with E-state index in [-0.39, 0.29) is 12.0 Å². The van der Waals surface area contributed by atoms with Gasteiger partial charge in [-0.15, -0.1) is 0 Å². The van der Waals surface area contributed by atoms with Gasteiger partial charge in [0.15, 0.2) is 11.6 Å². The van der Waals surface area contributed by atoms with Gasteiger partial charge in [0.05, 0.1) is 17.5 Å². The third-order valence-corrected chi connectivity index (χ3v) is 11.9. The molecule has 4 aromatic heterocycles. The number of anilines is 2. The second-order valence-electron chi connectivity index (χ2n) is 14.5. The van der Waals surface area contributed by atoms with Crippen LogP contribution in [0.5, 0.6) is 0 Å². The van der Waals surface area contributed by atoms with Crippen molar-refractivity contribution in [2.75, 3.05) is 37.6 Å². The van der Waals surface area contributed by atoms with Crippen LogP contribution in [0.2, 0.25) is 0 Å². The number of hydrogen-bond donors (Lipinski definition) is 2. The molecule has 54 heavy (non-hydrogen) atoms. The third kappa shape index (κ3) is 6.46. The van der Waals surface area contributed by atoms with Crippen LogP contribution in [0, 0.1) is 12.8 Å². The molecule has 14 heteroatoms. The van der Waals surface area contributed by atoms with Crippen LogP contribution in [0.15, 0.2) is 60.9 Å². The molecule has 0 saturated carbocycles. The van der Waals surface area contributed by atoms with Crippen LogP contribution in [0.1, 0.15) is 47.3 Å². The van der Waals surface area contributed by atoms with Crippen LogP contribution in [0.3, 0.4) is 0 Å². The summed E-state index contributed by atoms with van der Waals surface area (Å²) in [5.41, 5.74) is 9.76. The van der Waals surface area contributed by atoms with Gasteiger partial charge >= 0.3 is 5.97 Å². The van der Waals surface area contributed by atoms with Crippen LogP contribution in [-0.2, 0) is 24.3 Å². The molecule has 3 aliphatic heterocycles. The monoisotopic (exact) mass is 748 g/mol. The number of likely N-dealkylation sites (tertiary alicyclic amines) is 2. The van der Waals surface area contributed by atoms with Crippen LogP contribution in [-0.4, -0.2) is 89.7 Å². The Morgan fingerprint density at radius 2 is 1.61 bits per heavy atom. The molecule has 0 spiro atoms. The van der Waals surface area contributed by atoms with E-state index in [1.54, 1.807) is 17.5 Å². The first-order chi connectivity index (χ1) is 26.2. The lowest BCUT2D eigenvalue weighted by Crippen LogP contribution is -2.22. The first kappa shape index (κ1) is 34.7. The fourth-order valence-corrected chi connectivity index (χ4v) is 9.19. The predicted molar refractivity (Wildman–Crippen MR) is 203 cm³/mol. The summed E-state index contributed by atoms with van der Waals surface area (Å²) in [7, 11) is 0. The third-order valence-electron chi connectivity index (χ3n) is 10.9. The molecule has 2 saturated heterocycles. The van der Waals surface area contributed by atoms with Crippen molar-refractivity contribution in [3.63, 3.8) is 0 Å². The van der Waals surface area contributed by atoms with Crippen molar-refractivity contribution < 1.29 is 23.8 Å². The van der Waals surface area contributed by atoms with Crippen LogP contribution >= 0.6 is 11.3 Å². The number of carboxylic acids is 1. The Labute approximate surface area is 314 Å². The van der Waals surface area contributed by atoms with Gasteiger partial charge in [-0.25, -0.2) is 28.7 Å². The number of halogens is 2. The van der Waals surface area contributed by atoms with Gasteiger partial charge in [0.2, 0.25) is 0 Å². The Morgan fingerprint density at radius 1 is 0.889 bits per heavy atom. The number of carboxylic acid groups (broad SMARTS) is 1. The summed E-state index contributed by atoms with van der Waals surface area (Å²) in [6.07, 6.45) is 2.48. The summed E-state index contributed by atoms with van der Waals surface area (Å²) >= 11 is 1.54. The minimum Gasteiger partial charge on any atom is -0.481 e. The van der Waals surface area contributed by atoms with E-state index in [0.29, 0.717) is 68.8 Å². The maximum Gasteiger partial charge on any atom is 0.307 e. The number of aromatic nitrogens is 5. The number of hydrogen-bond acceptors (Lipinski definition) is 11. The van der Waals surface area contributed by atoms with Crippen molar-refractivity contribution in [2.45, 2.75) is 51.8 Å². The number of β-amino-alcohol motifs (C(OH)–C–C–N with tert-alkyl or cyclic N) is 1. The Hall–Kier alpha value is -5.02. The zero-order valence-corrected chi connectivity index (χ0v) is 30.4. The maximum absolute atomic E-state index is 14.2. The van der Waals surface area contributed by atoms with E-state index in [1.165, 1.54) is 0 Å². The smallest absolute Gasteiger partial charge is 0.307 e. The zero-order chi connectivity index (χ0) is 37.1. The Balaban J connectivity index is 1.02. The number of benzene rings is 2. The number of alkyl halides is 2. The van der Waals surface area contributed by atoms with Gasteiger partial charge in [0.1, 0.15) is 20.9 Å². The number of nitrogens with zero attached hydrogens (tertiary/aromatic N) is 8. The highest BCUT2D eigenvalue weighted by molar-refractivity contribution is 7.21. The highest BCUT2D eigenvalue weighted by Crippen LogP contribution is 2.44. The van der Waals surface area contributed by atoms with Gasteiger partial charge in [-0.2, -0.15) is 0 Å². The Bertz CT molecular complexity index is 2430. The van der Waals surface area contributed by atoms with Crippen molar-refractivity contribution in [3.8, 4) is 21.7 Å². The first-order valence-electron chi connectivity index (χ1n) is 18.2. The molecular weight excluding hydrogens is 711 g/mol. The fraction of sp³-hybridized carbons (Fsp3) is 0.350. The minimum atomic E-state index is -2.84. The van der Waals surface area contributed by atoms with E-state index < -0.39 is 18.2 Å². The van der Waals surface area contributed by atoms with E-state index in [2.05, 4.69) is 51.0 Å². The summed E-state index contributed by atoms with van der Waals surface area (Å²) in [6, 6.07) is 16.2. The van der Waals surface area contributed by atoms with Crippen LogP contribution < -0.4 is 4.90 Å². The number of aliphatic hydroxyl groups excluding tert-OH is 1. The molecular formula is C40H38F2N8O3S. The van der Waals surface area contributed by atoms with Gasteiger partial charge < -0.3 is 15.1 Å². The molecule has 0 aliphatic carbocycles. The van der Waals surface area contributed by atoms with E-state index in [0.717, 1.165) is 73.1 Å². The van der Waals surface area contributed by atoms with Crippen molar-refractivity contribution in [2.24, 2.45) is 5.92 Å². The van der Waals surface area contributed by atoms with Gasteiger partial charge in [0.25, 0.3) is 6.43 Å². The molecule has 2 fully saturated rings. The largest absolute Gasteiger partial charge is 0.481 e. The first-order valence-corrected chi connectivity index (χ1v) is 19.1. The number of fused-ring (bicyclic) bond motifs is 3. The maximum atomic E-state index is 14.2. The highest BCUT2D eigenvalue weighted by Gasteiger charge is 2.30. The van der Waals surface area contributed by atoms with Crippen molar-refractivity contribution in [1.82, 2.24) is 34.7 Å². The van der Waals surface area contributed by atoms with Gasteiger partial charge in [-0.3, -0.25) is 19.6 Å². The molecule has 7 heterocycles. The number of aliphatic hydroxyl groups is 1. The Morgan fingerprint density at radius 3 is 2.37 bits per heavy atom. The molecule has 2 atom stereocenters. The average molecular weight is 749 g/mol. The molecule has 2 aromatic carbocycles. The molecule has 9 rings (SSSR count). The number of aliphatic carboxylic acids is 1. The highest BCUT2D eigenvalue weighted by atomic mass is 32.1. The molecule has 0 amide bonds. The van der Waals surface area contributed by atoms with Crippen LogP contribution in [0.4, 0.5) is 20.3 Å². The average Bonchev–Trinajstić information content (AvgIpc) is 3.98. The van der Waals surface area contributed by atoms with Crippen LogP contribution in [0.25, 0.3) is 43.1 Å². The van der Waals surface area contributed by atoms with E-state index in [9.17, 15) is 23.8 Å². The summed E-state index contributed by atoms with van der Waals surface area (Å²) in [6.45, 7) is 6.48. The summed E-state index contributed by atoms with van der Waals surface area (Å²) < 4.78 is 28.4. The molecule has 6 aromatic rings. The minimum absolute atomic E-state index is 0.324. The predicted octanol–water partition coefficient (Wildman–Crippen LogP) is 6.78. The van der Waals surface area contributed by atoms with E-state index in [1.807, 2.05) is 35.4 Å². The lowest BCUT2D eigenvalue weighted by molar-refractivity contribution is -0.141. The van der Waals surface area contributed by atoms with Crippen molar-refractivity contribution in [1.29, 1.82) is 0 Å². The molecule has 276 valence electrons.